The van der Waals surface area contributed by atoms with E-state index in [-0.39, 0.29) is 82.5 Å². The summed E-state index contributed by atoms with van der Waals surface area (Å²) in [4.78, 5) is 55.3. The Balaban J connectivity index is 1.43. The molecule has 0 radical (unpaired) electrons. The summed E-state index contributed by atoms with van der Waals surface area (Å²) in [7, 11) is 0. The highest BCUT2D eigenvalue weighted by molar-refractivity contribution is 8.00. The van der Waals surface area contributed by atoms with Crippen molar-refractivity contribution >= 4 is 40.9 Å². The lowest BCUT2D eigenvalue weighted by molar-refractivity contribution is -0.145. The van der Waals surface area contributed by atoms with Crippen molar-refractivity contribution in [2.45, 2.75) is 49.3 Å². The number of amides is 2. The van der Waals surface area contributed by atoms with Crippen molar-refractivity contribution in [2.24, 2.45) is 29.6 Å². The molecule has 1 saturated heterocycles. The van der Waals surface area contributed by atoms with Crippen molar-refractivity contribution in [3.63, 3.8) is 0 Å². The summed E-state index contributed by atoms with van der Waals surface area (Å²) in [5.74, 6) is -0.653. The Morgan fingerprint density at radius 1 is 1.21 bits per heavy atom. The molecule has 0 spiro atoms. The molecular weight excluding hydrogens is 412 g/mol. The fourth-order valence-electron chi connectivity index (χ4n) is 6.37. The van der Waals surface area contributed by atoms with E-state index in [1.807, 2.05) is 0 Å². The zero-order valence-corrected chi connectivity index (χ0v) is 18.2. The normalized spacial score (nSPS) is 36.2. The average molecular weight is 437 g/mol. The molecule has 2 amide bonds. The molecule has 156 valence electrons. The van der Waals surface area contributed by atoms with Crippen molar-refractivity contribution < 1.29 is 19.1 Å². The predicted molar refractivity (Wildman–Crippen MR) is 108 cm³/mol. The van der Waals surface area contributed by atoms with Gasteiger partial charge in [0.25, 0.3) is 0 Å². The fourth-order valence-corrected chi connectivity index (χ4v) is 9.53. The molecule has 1 N–H and O–H groups in total. The minimum absolute atomic E-state index is 0.0413. The van der Waals surface area contributed by atoms with Crippen LogP contribution in [0.4, 0.5) is 0 Å². The van der Waals surface area contributed by atoms with Crippen molar-refractivity contribution in [2.75, 3.05) is 13.2 Å². The maximum atomic E-state index is 13.2. The number of rotatable bonds is 4. The van der Waals surface area contributed by atoms with Crippen LogP contribution in [-0.2, 0) is 24.5 Å². The summed E-state index contributed by atoms with van der Waals surface area (Å²) in [5, 5.41) is 1.17. The quantitative estimate of drug-likeness (QED) is 0.573. The number of esters is 1. The molecule has 3 heterocycles. The molecule has 7 nitrogen and oxygen atoms in total. The van der Waals surface area contributed by atoms with E-state index < -0.39 is 0 Å². The van der Waals surface area contributed by atoms with Gasteiger partial charge in [-0.25, -0.2) is 0 Å². The Morgan fingerprint density at radius 2 is 1.90 bits per heavy atom. The van der Waals surface area contributed by atoms with E-state index in [9.17, 15) is 19.2 Å². The molecule has 2 saturated carbocycles. The van der Waals surface area contributed by atoms with Gasteiger partial charge in [0.15, 0.2) is 0 Å². The number of H-pyrrole nitrogens is 1. The maximum Gasteiger partial charge on any atom is 0.307 e. The first-order valence-electron chi connectivity index (χ1n) is 10.2. The van der Waals surface area contributed by atoms with Crippen molar-refractivity contribution in [3.8, 4) is 0 Å². The second-order valence-electron chi connectivity index (χ2n) is 9.00. The smallest absolute Gasteiger partial charge is 0.307 e. The van der Waals surface area contributed by atoms with E-state index in [0.29, 0.717) is 0 Å². The summed E-state index contributed by atoms with van der Waals surface area (Å²) < 4.78 is 4.94. The van der Waals surface area contributed by atoms with Gasteiger partial charge in [0.2, 0.25) is 11.8 Å². The average Bonchev–Trinajstić information content (AvgIpc) is 3.36. The lowest BCUT2D eigenvalue weighted by atomic mass is 9.64. The highest BCUT2D eigenvalue weighted by atomic mass is 32.2. The molecule has 2 aliphatic carbocycles. The van der Waals surface area contributed by atoms with Gasteiger partial charge in [-0.15, -0.1) is 11.8 Å². The molecule has 0 unspecified atom stereocenters. The number of nitrogens with zero attached hydrogens (tertiary/aromatic N) is 1. The van der Waals surface area contributed by atoms with Gasteiger partial charge < -0.3 is 9.72 Å². The van der Waals surface area contributed by atoms with Crippen molar-refractivity contribution in [1.82, 2.24) is 9.88 Å². The molecule has 0 aromatic carbocycles. The van der Waals surface area contributed by atoms with E-state index in [1.54, 1.807) is 18.7 Å². The number of thioether (sulfide) groups is 1. The molecule has 9 heteroatoms. The van der Waals surface area contributed by atoms with Crippen LogP contribution in [-0.4, -0.2) is 46.1 Å². The fraction of sp³-hybridized carbons (Fsp3) is 0.700. The number of hydrogen-bond donors (Lipinski definition) is 1. The van der Waals surface area contributed by atoms with Gasteiger partial charge in [-0.2, -0.15) is 0 Å². The van der Waals surface area contributed by atoms with Crippen molar-refractivity contribution in [3.05, 3.63) is 14.5 Å². The third kappa shape index (κ3) is 2.55. The number of nitrogens with one attached hydrogen (secondary N) is 1. The van der Waals surface area contributed by atoms with Gasteiger partial charge in [-0.05, 0) is 31.1 Å². The van der Waals surface area contributed by atoms with Crippen LogP contribution >= 0.6 is 23.1 Å². The van der Waals surface area contributed by atoms with Crippen LogP contribution in [0.3, 0.4) is 0 Å². The number of likely N-dealkylation sites (tertiary alicyclic amines) is 1. The summed E-state index contributed by atoms with van der Waals surface area (Å²) in [6.45, 7) is 6.47. The molecule has 2 aliphatic heterocycles. The Labute approximate surface area is 176 Å². The predicted octanol–water partition coefficient (Wildman–Crippen LogP) is 2.01. The van der Waals surface area contributed by atoms with Crippen LogP contribution < -0.4 is 4.87 Å². The highest BCUT2D eigenvalue weighted by Gasteiger charge is 2.70. The second-order valence-corrected chi connectivity index (χ2v) is 11.2. The SMILES string of the molecule is CCOC(=O)CCN1C(=O)[C@@H]2[C@H]3C[C@@H]([C@@H]2C1=O)[C@@H]1[C@@H]3Sc2[nH]c(=O)sc2C1(C)C. The minimum Gasteiger partial charge on any atom is -0.466 e. The van der Waals surface area contributed by atoms with Gasteiger partial charge in [0.1, 0.15) is 0 Å². The lowest BCUT2D eigenvalue weighted by Crippen LogP contribution is -2.48. The largest absolute Gasteiger partial charge is 0.466 e. The van der Waals surface area contributed by atoms with Crippen LogP contribution in [0.25, 0.3) is 0 Å². The van der Waals surface area contributed by atoms with Gasteiger partial charge in [0, 0.05) is 22.1 Å². The lowest BCUT2D eigenvalue weighted by Gasteiger charge is -2.47. The highest BCUT2D eigenvalue weighted by Crippen LogP contribution is 2.68. The van der Waals surface area contributed by atoms with Crippen LogP contribution in [0.2, 0.25) is 0 Å². The van der Waals surface area contributed by atoms with Gasteiger partial charge >= 0.3 is 10.8 Å². The number of ether oxygens (including phenoxy) is 1. The zero-order valence-electron chi connectivity index (χ0n) is 16.6. The number of fused-ring (bicyclic) bond motifs is 9. The molecule has 6 atom stereocenters. The molecule has 2 bridgehead atoms. The third-order valence-electron chi connectivity index (χ3n) is 7.33. The third-order valence-corrected chi connectivity index (χ3v) is 10.1. The maximum absolute atomic E-state index is 13.2. The van der Waals surface area contributed by atoms with Gasteiger partial charge in [0.05, 0.1) is 29.9 Å². The first kappa shape index (κ1) is 19.4. The Morgan fingerprint density at radius 3 is 2.59 bits per heavy atom. The summed E-state index contributed by atoms with van der Waals surface area (Å²) >= 11 is 2.96. The molecule has 5 rings (SSSR count). The first-order valence-corrected chi connectivity index (χ1v) is 11.9. The summed E-state index contributed by atoms with van der Waals surface area (Å²) in [6.07, 6.45) is 0.940. The van der Waals surface area contributed by atoms with Gasteiger partial charge in [-0.1, -0.05) is 25.2 Å². The first-order chi connectivity index (χ1) is 13.8. The molecule has 29 heavy (non-hydrogen) atoms. The number of hydrogen-bond acceptors (Lipinski definition) is 7. The molecule has 1 aromatic heterocycles. The van der Waals surface area contributed by atoms with Crippen LogP contribution in [0.5, 0.6) is 0 Å². The molecule has 3 fully saturated rings. The number of aromatic amines is 1. The molecule has 1 aromatic rings. The Hall–Kier alpha value is -1.61. The number of carbonyl (C=O) groups is 3. The van der Waals surface area contributed by atoms with E-state index >= 15 is 0 Å². The van der Waals surface area contributed by atoms with Gasteiger partial charge in [-0.3, -0.25) is 24.1 Å². The van der Waals surface area contributed by atoms with E-state index in [1.165, 1.54) is 16.2 Å². The van der Waals surface area contributed by atoms with Crippen LogP contribution in [0.15, 0.2) is 9.82 Å². The summed E-state index contributed by atoms with van der Waals surface area (Å²) in [5.41, 5.74) is -0.207. The topological polar surface area (TPSA) is 96.5 Å². The Bertz CT molecular complexity index is 966. The number of carbonyl (C=O) groups excluding carboxylic acids is 3. The second kappa shape index (κ2) is 6.44. The van der Waals surface area contributed by atoms with E-state index in [2.05, 4.69) is 18.8 Å². The van der Waals surface area contributed by atoms with Crippen LogP contribution in [0, 0.1) is 29.6 Å². The summed E-state index contributed by atoms with van der Waals surface area (Å²) in [6, 6.07) is 0. The number of aromatic nitrogens is 1. The number of imide groups is 1. The zero-order chi connectivity index (χ0) is 20.7. The van der Waals surface area contributed by atoms with E-state index in [0.717, 1.165) is 16.3 Å². The molecular formula is C20H24N2O5S2. The minimum atomic E-state index is -0.383. The molecule has 4 aliphatic rings. The van der Waals surface area contributed by atoms with Crippen LogP contribution in [0.1, 0.15) is 38.5 Å². The van der Waals surface area contributed by atoms with E-state index in [4.69, 9.17) is 4.74 Å². The monoisotopic (exact) mass is 436 g/mol. The van der Waals surface area contributed by atoms with Crippen molar-refractivity contribution in [1.29, 1.82) is 0 Å². The standard InChI is InChI=1S/C20H24N2O5S2/c1-4-27-10(23)5-6-22-17(24)11-8-7-9(12(11)18(22)25)14-13(8)20(2,3)15-16(28-14)21-19(26)29-15/h8-9,11-14H,4-7H2,1-3H3,(H,21,26)/t8-,9+,11-,12+,13+,14+/m0/s1. The number of thiazole rings is 1. The Kier molecular flexibility index (Phi) is 4.30.